The zero-order valence-corrected chi connectivity index (χ0v) is 11.4. The summed E-state index contributed by atoms with van der Waals surface area (Å²) in [4.78, 5) is 14.8. The van der Waals surface area contributed by atoms with E-state index in [4.69, 9.17) is 4.74 Å². The molecule has 0 spiro atoms. The first kappa shape index (κ1) is 13.6. The van der Waals surface area contributed by atoms with E-state index in [0.29, 0.717) is 23.5 Å². The molecule has 2 rings (SSSR count). The number of pyridine rings is 1. The van der Waals surface area contributed by atoms with Crippen molar-refractivity contribution in [2.24, 2.45) is 11.8 Å². The van der Waals surface area contributed by atoms with Crippen molar-refractivity contribution >= 4 is 11.5 Å². The van der Waals surface area contributed by atoms with E-state index in [-0.39, 0.29) is 11.7 Å². The van der Waals surface area contributed by atoms with Crippen molar-refractivity contribution in [1.29, 1.82) is 0 Å². The number of nitrogens with zero attached hydrogens (tertiary/aromatic N) is 2. The molecule has 6 heteroatoms. The first-order valence-electron chi connectivity index (χ1n) is 6.49. The zero-order valence-electron chi connectivity index (χ0n) is 11.4. The Morgan fingerprint density at radius 2 is 2.16 bits per heavy atom. The van der Waals surface area contributed by atoms with Crippen molar-refractivity contribution in [3.05, 3.63) is 22.2 Å². The van der Waals surface area contributed by atoms with Gasteiger partial charge in [0.25, 0.3) is 0 Å². The predicted octanol–water partition coefficient (Wildman–Crippen LogP) is 2.84. The fraction of sp³-hybridized carbons (Fsp3) is 0.615. The van der Waals surface area contributed by atoms with Gasteiger partial charge in [0.15, 0.2) is 0 Å². The monoisotopic (exact) mass is 265 g/mol. The minimum atomic E-state index is -0.419. The second-order valence-corrected chi connectivity index (χ2v) is 5.14. The molecule has 1 aliphatic carbocycles. The molecule has 1 aromatic heterocycles. The molecule has 0 radical (unpaired) electrons. The Morgan fingerprint density at radius 1 is 1.42 bits per heavy atom. The largest absolute Gasteiger partial charge is 0.481 e. The zero-order chi connectivity index (χ0) is 14.0. The van der Waals surface area contributed by atoms with Gasteiger partial charge in [-0.2, -0.15) is 4.98 Å². The third-order valence-corrected chi connectivity index (χ3v) is 4.04. The Balaban J connectivity index is 2.25. The number of anilines is 1. The van der Waals surface area contributed by atoms with E-state index in [1.54, 1.807) is 0 Å². The number of hydrogen-bond donors (Lipinski definition) is 1. The lowest BCUT2D eigenvalue weighted by Gasteiger charge is -2.20. The van der Waals surface area contributed by atoms with Gasteiger partial charge in [0.1, 0.15) is 0 Å². The smallest absolute Gasteiger partial charge is 0.311 e. The molecule has 6 nitrogen and oxygen atoms in total. The number of methoxy groups -OCH3 is 1. The molecule has 0 amide bonds. The van der Waals surface area contributed by atoms with Crippen LogP contribution in [0.15, 0.2) is 12.1 Å². The summed E-state index contributed by atoms with van der Waals surface area (Å²) in [6, 6.07) is 3.16. The number of aromatic nitrogens is 1. The maximum Gasteiger partial charge on any atom is 0.311 e. The Bertz CT molecular complexity index is 478. The van der Waals surface area contributed by atoms with Gasteiger partial charge in [0, 0.05) is 18.2 Å². The lowest BCUT2D eigenvalue weighted by atomic mass is 9.98. The number of nitro groups is 1. The molecule has 104 valence electrons. The van der Waals surface area contributed by atoms with Crippen molar-refractivity contribution in [3.63, 3.8) is 0 Å². The van der Waals surface area contributed by atoms with Crippen LogP contribution in [0.2, 0.25) is 0 Å². The van der Waals surface area contributed by atoms with E-state index < -0.39 is 4.92 Å². The van der Waals surface area contributed by atoms with Crippen LogP contribution in [0.25, 0.3) is 0 Å². The molecule has 0 aromatic carbocycles. The quantitative estimate of drug-likeness (QED) is 0.669. The maximum atomic E-state index is 11.0. The minimum absolute atomic E-state index is 0.00690. The highest BCUT2D eigenvalue weighted by atomic mass is 16.6. The second-order valence-electron chi connectivity index (χ2n) is 5.14. The van der Waals surface area contributed by atoms with Crippen molar-refractivity contribution < 1.29 is 9.66 Å². The lowest BCUT2D eigenvalue weighted by molar-refractivity contribution is -0.384. The normalized spacial score (nSPS) is 26.2. The number of rotatable bonds is 4. The van der Waals surface area contributed by atoms with E-state index in [9.17, 15) is 10.1 Å². The summed E-state index contributed by atoms with van der Waals surface area (Å²) in [6.07, 6.45) is 2.15. The summed E-state index contributed by atoms with van der Waals surface area (Å²) in [6.45, 7) is 4.38. The number of ether oxygens (including phenoxy) is 1. The van der Waals surface area contributed by atoms with Gasteiger partial charge in [-0.25, -0.2) is 0 Å². The van der Waals surface area contributed by atoms with Gasteiger partial charge in [-0.1, -0.05) is 13.8 Å². The van der Waals surface area contributed by atoms with Crippen LogP contribution in [-0.4, -0.2) is 23.1 Å². The van der Waals surface area contributed by atoms with Gasteiger partial charge < -0.3 is 10.1 Å². The molecule has 0 bridgehead atoms. The van der Waals surface area contributed by atoms with E-state index in [1.165, 1.54) is 19.2 Å². The molecular formula is C13H19N3O3. The van der Waals surface area contributed by atoms with Crippen LogP contribution < -0.4 is 10.1 Å². The van der Waals surface area contributed by atoms with Gasteiger partial charge in [-0.15, -0.1) is 0 Å². The van der Waals surface area contributed by atoms with E-state index >= 15 is 0 Å². The Labute approximate surface area is 112 Å². The second kappa shape index (κ2) is 5.42. The third kappa shape index (κ3) is 2.77. The SMILES string of the molecule is COc1ccc([N+](=O)[O-])c(NC2CCC(C)C2C)n1. The lowest BCUT2D eigenvalue weighted by Crippen LogP contribution is -2.25. The topological polar surface area (TPSA) is 77.3 Å². The molecule has 1 aliphatic rings. The van der Waals surface area contributed by atoms with Crippen molar-refractivity contribution in [1.82, 2.24) is 4.98 Å². The highest BCUT2D eigenvalue weighted by molar-refractivity contribution is 5.57. The van der Waals surface area contributed by atoms with E-state index in [0.717, 1.165) is 12.8 Å². The predicted molar refractivity (Wildman–Crippen MR) is 72.4 cm³/mol. The van der Waals surface area contributed by atoms with Crippen LogP contribution in [0.3, 0.4) is 0 Å². The van der Waals surface area contributed by atoms with Crippen LogP contribution in [0.4, 0.5) is 11.5 Å². The standard InChI is InChI=1S/C13H19N3O3/c1-8-4-5-10(9(8)2)14-13-11(16(17)18)6-7-12(15-13)19-3/h6-10H,4-5H2,1-3H3,(H,14,15). The fourth-order valence-electron chi connectivity index (χ4n) is 2.55. The summed E-state index contributed by atoms with van der Waals surface area (Å²) in [7, 11) is 1.50. The van der Waals surface area contributed by atoms with Gasteiger partial charge in [-0.05, 0) is 24.7 Å². The molecule has 3 unspecified atom stereocenters. The average molecular weight is 265 g/mol. The number of nitrogens with one attached hydrogen (secondary N) is 1. The first-order valence-corrected chi connectivity index (χ1v) is 6.49. The molecule has 1 fully saturated rings. The highest BCUT2D eigenvalue weighted by Crippen LogP contribution is 2.35. The van der Waals surface area contributed by atoms with Crippen molar-refractivity contribution in [3.8, 4) is 5.88 Å². The fourth-order valence-corrected chi connectivity index (χ4v) is 2.55. The highest BCUT2D eigenvalue weighted by Gasteiger charge is 2.31. The van der Waals surface area contributed by atoms with Crippen LogP contribution in [-0.2, 0) is 0 Å². The summed E-state index contributed by atoms with van der Waals surface area (Å²) < 4.78 is 5.03. The van der Waals surface area contributed by atoms with Crippen LogP contribution in [0, 0.1) is 22.0 Å². The molecule has 1 N–H and O–H groups in total. The molecular weight excluding hydrogens is 246 g/mol. The van der Waals surface area contributed by atoms with Crippen LogP contribution in [0.5, 0.6) is 5.88 Å². The number of hydrogen-bond acceptors (Lipinski definition) is 5. The Morgan fingerprint density at radius 3 is 2.68 bits per heavy atom. The summed E-state index contributed by atoms with van der Waals surface area (Å²) in [5.74, 6) is 1.79. The Hall–Kier alpha value is -1.85. The van der Waals surface area contributed by atoms with Gasteiger partial charge in [0.05, 0.1) is 12.0 Å². The van der Waals surface area contributed by atoms with E-state index in [1.807, 2.05) is 0 Å². The van der Waals surface area contributed by atoms with Crippen LogP contribution in [0.1, 0.15) is 26.7 Å². The summed E-state index contributed by atoms with van der Waals surface area (Å²) in [5, 5.41) is 14.2. The maximum absolute atomic E-state index is 11.0. The summed E-state index contributed by atoms with van der Waals surface area (Å²) in [5.41, 5.74) is -0.00690. The van der Waals surface area contributed by atoms with Gasteiger partial charge >= 0.3 is 5.69 Å². The molecule has 0 saturated heterocycles. The average Bonchev–Trinajstić information content (AvgIpc) is 2.70. The summed E-state index contributed by atoms with van der Waals surface area (Å²) >= 11 is 0. The molecule has 0 aliphatic heterocycles. The minimum Gasteiger partial charge on any atom is -0.481 e. The van der Waals surface area contributed by atoms with E-state index in [2.05, 4.69) is 24.1 Å². The van der Waals surface area contributed by atoms with Gasteiger partial charge in [0.2, 0.25) is 11.7 Å². The Kier molecular flexibility index (Phi) is 3.87. The van der Waals surface area contributed by atoms with Crippen molar-refractivity contribution in [2.75, 3.05) is 12.4 Å². The van der Waals surface area contributed by atoms with Crippen molar-refractivity contribution in [2.45, 2.75) is 32.7 Å². The first-order chi connectivity index (χ1) is 9.02. The molecule has 1 aromatic rings. The molecule has 1 saturated carbocycles. The van der Waals surface area contributed by atoms with Gasteiger partial charge in [-0.3, -0.25) is 10.1 Å². The third-order valence-electron chi connectivity index (χ3n) is 4.04. The van der Waals surface area contributed by atoms with Crippen LogP contribution >= 0.6 is 0 Å². The molecule has 3 atom stereocenters. The molecule has 19 heavy (non-hydrogen) atoms. The molecule has 1 heterocycles.